The van der Waals surface area contributed by atoms with Crippen molar-refractivity contribution in [1.82, 2.24) is 20.9 Å². The summed E-state index contributed by atoms with van der Waals surface area (Å²) in [5.41, 5.74) is 6.02. The molecule has 2 aromatic heterocycles. The summed E-state index contributed by atoms with van der Waals surface area (Å²) in [6, 6.07) is 6.44. The Kier molecular flexibility index (Phi) is 10.0. The van der Waals surface area contributed by atoms with E-state index in [1.165, 1.54) is 0 Å². The summed E-state index contributed by atoms with van der Waals surface area (Å²) in [4.78, 5) is 32.7. The van der Waals surface area contributed by atoms with Crippen LogP contribution in [0.2, 0.25) is 8.87 Å². The van der Waals surface area contributed by atoms with Crippen LogP contribution in [0.4, 0.5) is 0 Å². The van der Waals surface area contributed by atoms with Crippen LogP contribution in [0.15, 0.2) is 49.1 Å². The van der Waals surface area contributed by atoms with Gasteiger partial charge in [-0.3, -0.25) is 0 Å². The third-order valence-corrected chi connectivity index (χ3v) is 13.4. The van der Waals surface area contributed by atoms with E-state index in [-0.39, 0.29) is 11.8 Å². The van der Waals surface area contributed by atoms with Gasteiger partial charge in [0.2, 0.25) is 0 Å². The van der Waals surface area contributed by atoms with Gasteiger partial charge in [-0.25, -0.2) is 0 Å². The molecule has 156 valence electrons. The van der Waals surface area contributed by atoms with Gasteiger partial charge >= 0.3 is 176 Å². The minimum atomic E-state index is -3.82. The van der Waals surface area contributed by atoms with Crippen LogP contribution in [-0.2, 0) is 6.35 Å². The molecule has 2 N–H and O–H groups in total. The van der Waals surface area contributed by atoms with Crippen LogP contribution in [0.3, 0.4) is 0 Å². The summed E-state index contributed by atoms with van der Waals surface area (Å²) >= 11 is -3.82. The Bertz CT molecular complexity index is 696. The molecule has 29 heavy (non-hydrogen) atoms. The second-order valence-corrected chi connectivity index (χ2v) is 15.9. The first kappa shape index (κ1) is 23.2. The summed E-state index contributed by atoms with van der Waals surface area (Å²) in [5, 5.41) is 0. The Morgan fingerprint density at radius 3 is 1.52 bits per heavy atom. The van der Waals surface area contributed by atoms with E-state index in [1.54, 1.807) is 49.1 Å². The van der Waals surface area contributed by atoms with Crippen molar-refractivity contribution in [3.05, 3.63) is 60.2 Å². The van der Waals surface area contributed by atoms with Crippen LogP contribution in [0, 0.1) is 0 Å². The summed E-state index contributed by atoms with van der Waals surface area (Å²) in [7, 11) is 0. The second kappa shape index (κ2) is 12.5. The Balaban J connectivity index is 2.09. The molecular formula is C20H28N4O4Sn. The van der Waals surface area contributed by atoms with Gasteiger partial charge in [-0.05, 0) is 0 Å². The van der Waals surface area contributed by atoms with Crippen molar-refractivity contribution < 1.29 is 15.9 Å². The standard InChI is InChI=1S/2C6H5N2O2.2C4H9.Sn/c2*9-6(8-10)5-1-3-7-4-2-5;2*1-3-4-2;/h2*1-4H,(H-,7,8,9,10);2*1,3-4H2,2H3;/q2*-1;;;+2. The number of hydrogen-bond donors (Lipinski definition) is 2. The molecule has 0 aliphatic heterocycles. The van der Waals surface area contributed by atoms with Crippen LogP contribution >= 0.6 is 0 Å². The van der Waals surface area contributed by atoms with Gasteiger partial charge in [0, 0.05) is 0 Å². The van der Waals surface area contributed by atoms with Crippen LogP contribution in [0.25, 0.3) is 0 Å². The summed E-state index contributed by atoms with van der Waals surface area (Å²) in [6.07, 6.45) is 9.92. The molecule has 0 bridgehead atoms. The number of hydroxylamine groups is 2. The molecule has 0 spiro atoms. The average Bonchev–Trinajstić information content (AvgIpc) is 2.78. The van der Waals surface area contributed by atoms with E-state index in [2.05, 4.69) is 34.8 Å². The normalized spacial score (nSPS) is 11.1. The molecule has 0 saturated heterocycles. The number of aromatic nitrogens is 2. The molecule has 2 rings (SSSR count). The Morgan fingerprint density at radius 2 is 1.17 bits per heavy atom. The Morgan fingerprint density at radius 1 is 0.793 bits per heavy atom. The van der Waals surface area contributed by atoms with Crippen molar-refractivity contribution in [2.24, 2.45) is 0 Å². The third kappa shape index (κ3) is 7.71. The van der Waals surface area contributed by atoms with E-state index in [9.17, 15) is 9.59 Å². The third-order valence-electron chi connectivity index (χ3n) is 4.37. The molecule has 8 nitrogen and oxygen atoms in total. The van der Waals surface area contributed by atoms with Gasteiger partial charge in [0.05, 0.1) is 0 Å². The predicted molar refractivity (Wildman–Crippen MR) is 111 cm³/mol. The predicted octanol–water partition coefficient (Wildman–Crippen LogP) is 3.54. The van der Waals surface area contributed by atoms with Crippen LogP contribution in [0.5, 0.6) is 0 Å². The molecule has 0 aromatic carbocycles. The van der Waals surface area contributed by atoms with Crippen molar-refractivity contribution in [3.8, 4) is 0 Å². The molecule has 2 heterocycles. The molecule has 0 fully saturated rings. The number of hydrogen-bond acceptors (Lipinski definition) is 6. The van der Waals surface area contributed by atoms with Gasteiger partial charge in [-0.1, -0.05) is 0 Å². The monoisotopic (exact) mass is 508 g/mol. The minimum absolute atomic E-state index is 0.356. The Labute approximate surface area is 176 Å². The van der Waals surface area contributed by atoms with Gasteiger partial charge in [0.15, 0.2) is 0 Å². The molecule has 2 amide bonds. The topological polar surface area (TPSA) is 102 Å². The van der Waals surface area contributed by atoms with Gasteiger partial charge in [-0.2, -0.15) is 0 Å². The van der Waals surface area contributed by atoms with E-state index in [4.69, 9.17) is 6.35 Å². The SMILES string of the molecule is CCC[CH2][Sn]([CH2]CCC)([O]NC(=O)c1ccncc1)[O]NC(=O)c1ccncc1. The zero-order chi connectivity index (χ0) is 21.0. The van der Waals surface area contributed by atoms with Crippen molar-refractivity contribution in [1.29, 1.82) is 0 Å². The average molecular weight is 507 g/mol. The molecule has 0 unspecified atom stereocenters. The van der Waals surface area contributed by atoms with Crippen molar-refractivity contribution in [3.63, 3.8) is 0 Å². The fourth-order valence-electron chi connectivity index (χ4n) is 2.65. The number of nitrogens with one attached hydrogen (secondary N) is 2. The summed E-state index contributed by atoms with van der Waals surface area (Å²) in [6.45, 7) is 4.17. The first-order chi connectivity index (χ1) is 14.1. The first-order valence-corrected chi connectivity index (χ1v) is 16.2. The van der Waals surface area contributed by atoms with E-state index in [0.29, 0.717) is 11.1 Å². The fourth-order valence-corrected chi connectivity index (χ4v) is 11.3. The second-order valence-electron chi connectivity index (χ2n) is 6.66. The van der Waals surface area contributed by atoms with Crippen LogP contribution in [0.1, 0.15) is 60.2 Å². The van der Waals surface area contributed by atoms with Gasteiger partial charge in [0.1, 0.15) is 0 Å². The van der Waals surface area contributed by atoms with E-state index < -0.39 is 19.2 Å². The molecule has 9 heteroatoms. The molecule has 0 aliphatic carbocycles. The number of nitrogens with zero attached hydrogens (tertiary/aromatic N) is 2. The van der Waals surface area contributed by atoms with Crippen molar-refractivity contribution >= 4 is 31.0 Å². The molecule has 2 aromatic rings. The fraction of sp³-hybridized carbons (Fsp3) is 0.400. The first-order valence-electron chi connectivity index (χ1n) is 9.87. The molecular weight excluding hydrogens is 479 g/mol. The summed E-state index contributed by atoms with van der Waals surface area (Å²) < 4.78 is 13.4. The van der Waals surface area contributed by atoms with E-state index >= 15 is 0 Å². The van der Waals surface area contributed by atoms with Crippen LogP contribution in [-0.4, -0.2) is 41.0 Å². The summed E-state index contributed by atoms with van der Waals surface area (Å²) in [5.74, 6) is -0.712. The molecule has 0 aliphatic rings. The maximum absolute atomic E-state index is 12.4. The number of pyridine rings is 2. The maximum atomic E-state index is 12.4. The number of rotatable bonds is 12. The number of amides is 2. The quantitative estimate of drug-likeness (QED) is 0.337. The van der Waals surface area contributed by atoms with Crippen molar-refractivity contribution in [2.75, 3.05) is 0 Å². The zero-order valence-corrected chi connectivity index (χ0v) is 19.7. The Hall–Kier alpha value is -2.04. The zero-order valence-electron chi connectivity index (χ0n) is 16.9. The molecule has 0 radical (unpaired) electrons. The van der Waals surface area contributed by atoms with Crippen LogP contribution < -0.4 is 11.0 Å². The van der Waals surface area contributed by atoms with Gasteiger partial charge < -0.3 is 0 Å². The molecule has 0 saturated carbocycles. The number of carbonyl (C=O) groups is 2. The number of carbonyl (C=O) groups excluding carboxylic acids is 2. The number of unbranched alkanes of at least 4 members (excludes halogenated alkanes) is 2. The van der Waals surface area contributed by atoms with E-state index in [1.807, 2.05) is 0 Å². The molecule has 0 atom stereocenters. The van der Waals surface area contributed by atoms with Gasteiger partial charge in [0.25, 0.3) is 0 Å². The van der Waals surface area contributed by atoms with Gasteiger partial charge in [-0.15, -0.1) is 0 Å². The van der Waals surface area contributed by atoms with Crippen molar-refractivity contribution in [2.45, 2.75) is 48.4 Å². The van der Waals surface area contributed by atoms with E-state index in [0.717, 1.165) is 34.6 Å².